The summed E-state index contributed by atoms with van der Waals surface area (Å²) >= 11 is 8.12. The minimum Gasteiger partial charge on any atom is -0.395 e. The Morgan fingerprint density at radius 3 is 2.36 bits per heavy atom. The molecular formula is C22H26Cl2N2OS. The molecule has 2 aromatic rings. The fourth-order valence-electron chi connectivity index (χ4n) is 3.83. The van der Waals surface area contributed by atoms with E-state index in [1.54, 1.807) is 0 Å². The lowest BCUT2D eigenvalue weighted by Crippen LogP contribution is -2.47. The van der Waals surface area contributed by atoms with E-state index in [2.05, 4.69) is 52.3 Å². The number of aliphatic hydroxyl groups excluding tert-OH is 1. The number of nitrogens with zero attached hydrogens (tertiary/aromatic N) is 2. The Hall–Kier alpha value is -1.01. The van der Waals surface area contributed by atoms with Crippen LogP contribution in [-0.4, -0.2) is 60.8 Å². The number of benzene rings is 2. The molecule has 1 saturated heterocycles. The smallest absolute Gasteiger partial charge is 0.0558 e. The molecular weight excluding hydrogens is 411 g/mol. The molecule has 6 heteroatoms. The van der Waals surface area contributed by atoms with Crippen LogP contribution in [0, 0.1) is 0 Å². The highest BCUT2D eigenvalue weighted by Crippen LogP contribution is 2.46. The van der Waals surface area contributed by atoms with Crippen molar-refractivity contribution in [3.63, 3.8) is 0 Å². The van der Waals surface area contributed by atoms with Gasteiger partial charge in [-0.15, -0.1) is 12.4 Å². The number of halogens is 2. The SMILES string of the molecule is Cl.OCCN1CCN(CC/C=C2/c3ccccc3Sc3ccc(Cl)cc32)CC1. The Balaban J connectivity index is 0.00000225. The predicted octanol–water partition coefficient (Wildman–Crippen LogP) is 4.66. The number of piperazine rings is 1. The van der Waals surface area contributed by atoms with Gasteiger partial charge in [-0.3, -0.25) is 4.90 Å². The maximum Gasteiger partial charge on any atom is 0.0558 e. The molecule has 0 bridgehead atoms. The molecule has 2 aliphatic rings. The van der Waals surface area contributed by atoms with Crippen molar-refractivity contribution in [1.29, 1.82) is 0 Å². The van der Waals surface area contributed by atoms with E-state index in [0.29, 0.717) is 0 Å². The lowest BCUT2D eigenvalue weighted by Gasteiger charge is -2.34. The summed E-state index contributed by atoms with van der Waals surface area (Å²) in [5.41, 5.74) is 3.87. The van der Waals surface area contributed by atoms with Gasteiger partial charge in [0, 0.05) is 54.1 Å². The second kappa shape index (κ2) is 10.1. The molecule has 3 nitrogen and oxygen atoms in total. The van der Waals surface area contributed by atoms with Crippen molar-refractivity contribution in [2.24, 2.45) is 0 Å². The quantitative estimate of drug-likeness (QED) is 0.628. The lowest BCUT2D eigenvalue weighted by molar-refractivity contribution is 0.114. The van der Waals surface area contributed by atoms with Gasteiger partial charge in [0.05, 0.1) is 6.61 Å². The van der Waals surface area contributed by atoms with E-state index in [4.69, 9.17) is 16.7 Å². The van der Waals surface area contributed by atoms with Gasteiger partial charge in [-0.1, -0.05) is 47.6 Å². The van der Waals surface area contributed by atoms with Crippen molar-refractivity contribution in [1.82, 2.24) is 9.80 Å². The fraction of sp³-hybridized carbons (Fsp3) is 0.364. The van der Waals surface area contributed by atoms with Gasteiger partial charge in [0.15, 0.2) is 0 Å². The highest BCUT2D eigenvalue weighted by Gasteiger charge is 2.21. The standard InChI is InChI=1S/C22H25ClN2OS.ClH/c23-17-7-8-22-20(16-17)18(19-4-1-2-6-21(19)27-22)5-3-9-24-10-12-25(13-11-24)14-15-26;/h1-2,4-8,16,26H,3,9-15H2;1H/b18-5-;. The minimum atomic E-state index is 0. The van der Waals surface area contributed by atoms with Gasteiger partial charge in [-0.2, -0.15) is 0 Å². The maximum atomic E-state index is 9.08. The number of hydrogen-bond acceptors (Lipinski definition) is 4. The van der Waals surface area contributed by atoms with Crippen LogP contribution in [0.1, 0.15) is 17.5 Å². The molecule has 4 rings (SSSR count). The van der Waals surface area contributed by atoms with E-state index in [1.165, 1.54) is 26.5 Å². The first-order valence-electron chi connectivity index (χ1n) is 9.57. The van der Waals surface area contributed by atoms with Gasteiger partial charge in [0.2, 0.25) is 0 Å². The molecule has 28 heavy (non-hydrogen) atoms. The molecule has 2 heterocycles. The lowest BCUT2D eigenvalue weighted by atomic mass is 9.96. The summed E-state index contributed by atoms with van der Waals surface area (Å²) in [5.74, 6) is 0. The molecule has 2 aliphatic heterocycles. The average molecular weight is 437 g/mol. The van der Waals surface area contributed by atoms with E-state index < -0.39 is 0 Å². The van der Waals surface area contributed by atoms with Crippen molar-refractivity contribution in [2.45, 2.75) is 16.2 Å². The predicted molar refractivity (Wildman–Crippen MR) is 121 cm³/mol. The topological polar surface area (TPSA) is 26.7 Å². The maximum absolute atomic E-state index is 9.08. The summed E-state index contributed by atoms with van der Waals surface area (Å²) in [4.78, 5) is 7.45. The number of β-amino-alcohol motifs (C(OH)–C–C–N with tert-alkyl or cyclic N) is 1. The van der Waals surface area contributed by atoms with Crippen molar-refractivity contribution < 1.29 is 5.11 Å². The number of aliphatic hydroxyl groups is 1. The number of rotatable bonds is 5. The molecule has 0 spiro atoms. The molecule has 0 aliphatic carbocycles. The Bertz CT molecular complexity index is 835. The van der Waals surface area contributed by atoms with Gasteiger partial charge >= 0.3 is 0 Å². The summed E-state index contributed by atoms with van der Waals surface area (Å²) in [5, 5.41) is 9.87. The van der Waals surface area contributed by atoms with Crippen molar-refractivity contribution in [3.05, 3.63) is 64.7 Å². The van der Waals surface area contributed by atoms with Gasteiger partial charge in [-0.25, -0.2) is 0 Å². The first-order valence-corrected chi connectivity index (χ1v) is 10.8. The van der Waals surface area contributed by atoms with E-state index in [-0.39, 0.29) is 19.0 Å². The van der Waals surface area contributed by atoms with Crippen LogP contribution >= 0.6 is 35.8 Å². The summed E-state index contributed by atoms with van der Waals surface area (Å²) < 4.78 is 0. The van der Waals surface area contributed by atoms with Gasteiger partial charge in [-0.05, 0) is 47.4 Å². The van der Waals surface area contributed by atoms with E-state index in [1.807, 2.05) is 17.8 Å². The van der Waals surface area contributed by atoms with Crippen LogP contribution in [0.2, 0.25) is 5.02 Å². The van der Waals surface area contributed by atoms with Crippen LogP contribution in [-0.2, 0) is 0 Å². The molecule has 0 radical (unpaired) electrons. The normalized spacial score (nSPS) is 18.4. The Labute approximate surface area is 182 Å². The Morgan fingerprint density at radius 2 is 1.61 bits per heavy atom. The molecule has 150 valence electrons. The summed E-state index contributed by atoms with van der Waals surface area (Å²) in [6.45, 7) is 6.39. The number of fused-ring (bicyclic) bond motifs is 2. The third-order valence-corrected chi connectivity index (χ3v) is 6.69. The minimum absolute atomic E-state index is 0. The zero-order valence-electron chi connectivity index (χ0n) is 15.8. The van der Waals surface area contributed by atoms with Crippen LogP contribution in [0.25, 0.3) is 5.57 Å². The average Bonchev–Trinajstić information content (AvgIpc) is 2.69. The van der Waals surface area contributed by atoms with Crippen molar-refractivity contribution in [2.75, 3.05) is 45.9 Å². The second-order valence-electron chi connectivity index (χ2n) is 7.05. The van der Waals surface area contributed by atoms with E-state index >= 15 is 0 Å². The fourth-order valence-corrected chi connectivity index (χ4v) is 5.09. The van der Waals surface area contributed by atoms with Gasteiger partial charge in [0.25, 0.3) is 0 Å². The third-order valence-electron chi connectivity index (χ3n) is 5.30. The highest BCUT2D eigenvalue weighted by molar-refractivity contribution is 7.99. The second-order valence-corrected chi connectivity index (χ2v) is 8.57. The van der Waals surface area contributed by atoms with Gasteiger partial charge < -0.3 is 10.0 Å². The largest absolute Gasteiger partial charge is 0.395 e. The molecule has 1 fully saturated rings. The summed E-state index contributed by atoms with van der Waals surface area (Å²) in [6, 6.07) is 14.8. The third kappa shape index (κ3) is 4.93. The summed E-state index contributed by atoms with van der Waals surface area (Å²) in [7, 11) is 0. The van der Waals surface area contributed by atoms with Crippen LogP contribution in [0.4, 0.5) is 0 Å². The first kappa shape index (κ1) is 21.7. The Kier molecular flexibility index (Phi) is 7.86. The molecule has 2 aromatic carbocycles. The highest BCUT2D eigenvalue weighted by atomic mass is 35.5. The monoisotopic (exact) mass is 436 g/mol. The van der Waals surface area contributed by atoms with Crippen LogP contribution in [0.3, 0.4) is 0 Å². The molecule has 0 atom stereocenters. The van der Waals surface area contributed by atoms with E-state index in [9.17, 15) is 0 Å². The van der Waals surface area contributed by atoms with Crippen molar-refractivity contribution >= 4 is 41.3 Å². The van der Waals surface area contributed by atoms with Crippen LogP contribution < -0.4 is 0 Å². The molecule has 0 amide bonds. The Morgan fingerprint density at radius 1 is 0.929 bits per heavy atom. The number of hydrogen-bond donors (Lipinski definition) is 1. The van der Waals surface area contributed by atoms with Crippen molar-refractivity contribution in [3.8, 4) is 0 Å². The molecule has 0 saturated carbocycles. The summed E-state index contributed by atoms with van der Waals surface area (Å²) in [6.07, 6.45) is 3.41. The first-order chi connectivity index (χ1) is 13.2. The van der Waals surface area contributed by atoms with E-state index in [0.717, 1.165) is 50.7 Å². The zero-order chi connectivity index (χ0) is 18.6. The molecule has 0 unspecified atom stereocenters. The molecule has 1 N–H and O–H groups in total. The molecule has 0 aromatic heterocycles. The van der Waals surface area contributed by atoms with Crippen LogP contribution in [0.15, 0.2) is 58.3 Å². The van der Waals surface area contributed by atoms with Gasteiger partial charge in [0.1, 0.15) is 0 Å². The zero-order valence-corrected chi connectivity index (χ0v) is 18.2. The van der Waals surface area contributed by atoms with Crippen LogP contribution in [0.5, 0.6) is 0 Å².